The molecule has 0 aliphatic rings. The van der Waals surface area contributed by atoms with Gasteiger partial charge in [0, 0.05) is 36.0 Å². The lowest BCUT2D eigenvalue weighted by atomic mass is 10.0. The highest BCUT2D eigenvalue weighted by molar-refractivity contribution is 5.29. The zero-order chi connectivity index (χ0) is 15.7. The lowest BCUT2D eigenvalue weighted by Gasteiger charge is -2.22. The van der Waals surface area contributed by atoms with E-state index in [2.05, 4.69) is 10.4 Å². The predicted octanol–water partition coefficient (Wildman–Crippen LogP) is 3.73. The summed E-state index contributed by atoms with van der Waals surface area (Å²) in [6.45, 7) is 7.67. The highest BCUT2D eigenvalue weighted by atomic mass is 19.1. The molecule has 2 aromatic rings. The minimum absolute atomic E-state index is 0.0484. The standard InChI is InChI=1S/C16H21F2N3/c1-9(15-11(3)20-21(5)12(15)4)19-10(2)16-13(17)7-6-8-14(16)18/h6-10,19H,1-5H3. The van der Waals surface area contributed by atoms with Crippen molar-refractivity contribution in [1.29, 1.82) is 0 Å². The molecule has 1 aromatic heterocycles. The SMILES string of the molecule is Cc1nn(C)c(C)c1C(C)NC(C)c1c(F)cccc1F. The Morgan fingerprint density at radius 3 is 2.05 bits per heavy atom. The summed E-state index contributed by atoms with van der Waals surface area (Å²) in [6, 6.07) is 3.46. The summed E-state index contributed by atoms with van der Waals surface area (Å²) in [5, 5.41) is 7.63. The van der Waals surface area contributed by atoms with Crippen LogP contribution in [0.15, 0.2) is 18.2 Å². The molecule has 0 spiro atoms. The van der Waals surface area contributed by atoms with Crippen LogP contribution in [0.4, 0.5) is 8.78 Å². The number of nitrogens with zero attached hydrogens (tertiary/aromatic N) is 2. The molecule has 0 amide bonds. The van der Waals surface area contributed by atoms with Gasteiger partial charge in [-0.15, -0.1) is 0 Å². The largest absolute Gasteiger partial charge is 0.303 e. The monoisotopic (exact) mass is 293 g/mol. The summed E-state index contributed by atoms with van der Waals surface area (Å²) in [7, 11) is 1.89. The van der Waals surface area contributed by atoms with Gasteiger partial charge in [0.05, 0.1) is 5.69 Å². The second kappa shape index (κ2) is 5.93. The molecule has 3 nitrogen and oxygen atoms in total. The predicted molar refractivity (Wildman–Crippen MR) is 79.0 cm³/mol. The van der Waals surface area contributed by atoms with Crippen LogP contribution in [0.1, 0.15) is 48.4 Å². The van der Waals surface area contributed by atoms with Crippen molar-refractivity contribution >= 4 is 0 Å². The second-order valence-corrected chi connectivity index (χ2v) is 5.45. The fourth-order valence-electron chi connectivity index (χ4n) is 2.88. The second-order valence-electron chi connectivity index (χ2n) is 5.45. The van der Waals surface area contributed by atoms with Gasteiger partial charge < -0.3 is 5.32 Å². The molecule has 0 radical (unpaired) electrons. The van der Waals surface area contributed by atoms with E-state index in [4.69, 9.17) is 0 Å². The smallest absolute Gasteiger partial charge is 0.130 e. The minimum atomic E-state index is -0.526. The quantitative estimate of drug-likeness (QED) is 0.931. The highest BCUT2D eigenvalue weighted by Gasteiger charge is 2.21. The summed E-state index contributed by atoms with van der Waals surface area (Å²) < 4.78 is 29.5. The van der Waals surface area contributed by atoms with Gasteiger partial charge in [-0.3, -0.25) is 4.68 Å². The maximum atomic E-state index is 13.8. The number of hydrogen-bond donors (Lipinski definition) is 1. The van der Waals surface area contributed by atoms with Crippen molar-refractivity contribution in [2.24, 2.45) is 7.05 Å². The van der Waals surface area contributed by atoms with Crippen LogP contribution < -0.4 is 5.32 Å². The van der Waals surface area contributed by atoms with Crippen LogP contribution in [0.2, 0.25) is 0 Å². The fourth-order valence-corrected chi connectivity index (χ4v) is 2.88. The van der Waals surface area contributed by atoms with Gasteiger partial charge in [0.15, 0.2) is 0 Å². The molecular formula is C16H21F2N3. The molecule has 1 N–H and O–H groups in total. The third-order valence-electron chi connectivity index (χ3n) is 3.93. The van der Waals surface area contributed by atoms with E-state index in [0.717, 1.165) is 17.0 Å². The number of rotatable bonds is 4. The van der Waals surface area contributed by atoms with Crippen LogP contribution >= 0.6 is 0 Å². The van der Waals surface area contributed by atoms with E-state index in [1.807, 2.05) is 32.5 Å². The lowest BCUT2D eigenvalue weighted by Crippen LogP contribution is -2.25. The summed E-state index contributed by atoms with van der Waals surface area (Å²) in [5.41, 5.74) is 3.12. The number of aromatic nitrogens is 2. The van der Waals surface area contributed by atoms with Gasteiger partial charge in [-0.05, 0) is 39.8 Å². The number of nitrogens with one attached hydrogen (secondary N) is 1. The van der Waals surface area contributed by atoms with E-state index in [9.17, 15) is 8.78 Å². The molecule has 1 heterocycles. The van der Waals surface area contributed by atoms with Crippen LogP contribution in [0.5, 0.6) is 0 Å². The fraction of sp³-hybridized carbons (Fsp3) is 0.438. The molecule has 0 aliphatic heterocycles. The van der Waals surface area contributed by atoms with Gasteiger partial charge in [-0.25, -0.2) is 8.78 Å². The number of hydrogen-bond acceptors (Lipinski definition) is 2. The molecule has 0 saturated carbocycles. The third kappa shape index (κ3) is 2.97. The molecule has 2 atom stereocenters. The molecule has 0 saturated heterocycles. The molecule has 0 bridgehead atoms. The number of benzene rings is 1. The van der Waals surface area contributed by atoms with E-state index < -0.39 is 17.7 Å². The van der Waals surface area contributed by atoms with Crippen molar-refractivity contribution in [3.05, 3.63) is 52.3 Å². The zero-order valence-electron chi connectivity index (χ0n) is 13.0. The maximum absolute atomic E-state index is 13.8. The Morgan fingerprint density at radius 1 is 1.05 bits per heavy atom. The topological polar surface area (TPSA) is 29.9 Å². The van der Waals surface area contributed by atoms with Crippen molar-refractivity contribution in [2.45, 2.75) is 39.8 Å². The molecule has 21 heavy (non-hydrogen) atoms. The summed E-state index contributed by atoms with van der Waals surface area (Å²) in [4.78, 5) is 0. The van der Waals surface area contributed by atoms with E-state index >= 15 is 0 Å². The first kappa shape index (κ1) is 15.6. The van der Waals surface area contributed by atoms with Crippen molar-refractivity contribution in [3.63, 3.8) is 0 Å². The van der Waals surface area contributed by atoms with Gasteiger partial charge in [-0.1, -0.05) is 6.07 Å². The molecule has 1 aromatic carbocycles. The first-order valence-electron chi connectivity index (χ1n) is 7.03. The first-order chi connectivity index (χ1) is 9.82. The number of halogens is 2. The average Bonchev–Trinajstić information content (AvgIpc) is 2.62. The van der Waals surface area contributed by atoms with Crippen LogP contribution in [-0.4, -0.2) is 9.78 Å². The average molecular weight is 293 g/mol. The summed E-state index contributed by atoms with van der Waals surface area (Å²) in [5.74, 6) is -1.05. The Morgan fingerprint density at radius 2 is 1.57 bits per heavy atom. The highest BCUT2D eigenvalue weighted by Crippen LogP contribution is 2.26. The van der Waals surface area contributed by atoms with E-state index in [-0.39, 0.29) is 11.6 Å². The van der Waals surface area contributed by atoms with Crippen LogP contribution in [0.3, 0.4) is 0 Å². The van der Waals surface area contributed by atoms with Gasteiger partial charge in [0.1, 0.15) is 11.6 Å². The van der Waals surface area contributed by atoms with Crippen molar-refractivity contribution in [3.8, 4) is 0 Å². The molecule has 2 unspecified atom stereocenters. The van der Waals surface area contributed by atoms with Crippen LogP contribution in [-0.2, 0) is 7.05 Å². The van der Waals surface area contributed by atoms with Crippen molar-refractivity contribution < 1.29 is 8.78 Å². The molecule has 0 fully saturated rings. The molecule has 5 heteroatoms. The van der Waals surface area contributed by atoms with Crippen molar-refractivity contribution in [2.75, 3.05) is 0 Å². The Bertz CT molecular complexity index is 629. The summed E-state index contributed by atoms with van der Waals surface area (Å²) in [6.07, 6.45) is 0. The van der Waals surface area contributed by atoms with Gasteiger partial charge in [-0.2, -0.15) is 5.10 Å². The van der Waals surface area contributed by atoms with E-state index in [0.29, 0.717) is 0 Å². The van der Waals surface area contributed by atoms with E-state index in [1.165, 1.54) is 18.2 Å². The Kier molecular flexibility index (Phi) is 4.42. The van der Waals surface area contributed by atoms with Gasteiger partial charge in [0.25, 0.3) is 0 Å². The van der Waals surface area contributed by atoms with Crippen molar-refractivity contribution in [1.82, 2.24) is 15.1 Å². The Balaban J connectivity index is 2.25. The Labute approximate surface area is 124 Å². The minimum Gasteiger partial charge on any atom is -0.303 e. The first-order valence-corrected chi connectivity index (χ1v) is 7.03. The van der Waals surface area contributed by atoms with Crippen LogP contribution in [0, 0.1) is 25.5 Å². The molecular weight excluding hydrogens is 272 g/mol. The normalized spacial score (nSPS) is 14.2. The lowest BCUT2D eigenvalue weighted by molar-refractivity contribution is 0.448. The Hall–Kier alpha value is -1.75. The molecule has 0 aliphatic carbocycles. The summed E-state index contributed by atoms with van der Waals surface area (Å²) >= 11 is 0. The number of aryl methyl sites for hydroxylation is 2. The third-order valence-corrected chi connectivity index (χ3v) is 3.93. The van der Waals surface area contributed by atoms with Gasteiger partial charge >= 0.3 is 0 Å². The zero-order valence-corrected chi connectivity index (χ0v) is 13.0. The van der Waals surface area contributed by atoms with Gasteiger partial charge in [0.2, 0.25) is 0 Å². The van der Waals surface area contributed by atoms with Crippen LogP contribution in [0.25, 0.3) is 0 Å². The molecule has 114 valence electrons. The van der Waals surface area contributed by atoms with E-state index in [1.54, 1.807) is 6.92 Å². The molecule has 2 rings (SSSR count). The maximum Gasteiger partial charge on any atom is 0.130 e.